The highest BCUT2D eigenvalue weighted by molar-refractivity contribution is 9.10. The number of alkyl halides is 1. The molecule has 0 saturated carbocycles. The largest absolute Gasteiger partial charge is 0.396 e. The lowest BCUT2D eigenvalue weighted by Crippen LogP contribution is -2.11. The second kappa shape index (κ2) is 5.44. The Hall–Kier alpha value is -0.450. The molecule has 0 heterocycles. The number of nitrogens with two attached hydrogens (primary N) is 1. The number of rotatable bonds is 4. The minimum absolute atomic E-state index is 0.0592. The first-order valence-corrected chi connectivity index (χ1v) is 5.19. The number of hydrogen-bond donors (Lipinski definition) is 2. The van der Waals surface area contributed by atoms with Crippen molar-refractivity contribution in [2.75, 3.05) is 6.61 Å². The van der Waals surface area contributed by atoms with Crippen molar-refractivity contribution in [3.63, 3.8) is 0 Å². The summed E-state index contributed by atoms with van der Waals surface area (Å²) in [6.07, 6.45) is 0.515. The predicted octanol–water partition coefficient (Wildman–Crippen LogP) is 2.30. The first-order valence-electron chi connectivity index (χ1n) is 4.39. The summed E-state index contributed by atoms with van der Waals surface area (Å²) in [6.45, 7) is -0.431. The molecule has 14 heavy (non-hydrogen) atoms. The van der Waals surface area contributed by atoms with E-state index in [1.54, 1.807) is 18.2 Å². The lowest BCUT2D eigenvalue weighted by molar-refractivity contribution is 0.276. The molecule has 78 valence electrons. The second-order valence-electron chi connectivity index (χ2n) is 3.10. The molecule has 0 spiro atoms. The van der Waals surface area contributed by atoms with Crippen LogP contribution in [0.1, 0.15) is 23.6 Å². The van der Waals surface area contributed by atoms with Gasteiger partial charge < -0.3 is 10.8 Å². The third-order valence-electron chi connectivity index (χ3n) is 2.09. The lowest BCUT2D eigenvalue weighted by atomic mass is 10.0. The monoisotopic (exact) mass is 261 g/mol. The number of aliphatic hydroxyl groups excluding tert-OH is 1. The zero-order valence-corrected chi connectivity index (χ0v) is 9.30. The molecule has 1 rings (SSSR count). The summed E-state index contributed by atoms with van der Waals surface area (Å²) in [5.41, 5.74) is 7.31. The van der Waals surface area contributed by atoms with E-state index in [-0.39, 0.29) is 12.6 Å². The van der Waals surface area contributed by atoms with Gasteiger partial charge in [0.25, 0.3) is 0 Å². The van der Waals surface area contributed by atoms with Crippen LogP contribution in [0.4, 0.5) is 4.39 Å². The summed E-state index contributed by atoms with van der Waals surface area (Å²) in [5.74, 6) is 0. The van der Waals surface area contributed by atoms with Crippen LogP contribution in [0.3, 0.4) is 0 Å². The topological polar surface area (TPSA) is 46.2 Å². The van der Waals surface area contributed by atoms with E-state index in [4.69, 9.17) is 10.8 Å². The Bertz CT molecular complexity index is 306. The Labute approximate surface area is 91.1 Å². The van der Waals surface area contributed by atoms with E-state index in [1.165, 1.54) is 0 Å². The van der Waals surface area contributed by atoms with Crippen molar-refractivity contribution in [2.45, 2.75) is 19.1 Å². The molecule has 0 bridgehead atoms. The zero-order valence-electron chi connectivity index (χ0n) is 7.71. The maximum Gasteiger partial charge on any atom is 0.116 e. The van der Waals surface area contributed by atoms with Gasteiger partial charge in [0.05, 0.1) is 0 Å². The highest BCUT2D eigenvalue weighted by Crippen LogP contribution is 2.23. The molecule has 1 aromatic carbocycles. The Morgan fingerprint density at radius 1 is 1.50 bits per heavy atom. The van der Waals surface area contributed by atoms with Gasteiger partial charge in [-0.1, -0.05) is 28.1 Å². The highest BCUT2D eigenvalue weighted by atomic mass is 79.9. The van der Waals surface area contributed by atoms with Crippen molar-refractivity contribution in [1.29, 1.82) is 0 Å². The van der Waals surface area contributed by atoms with Crippen LogP contribution in [0, 0.1) is 0 Å². The molecule has 0 aliphatic rings. The number of aliphatic hydroxyl groups is 1. The highest BCUT2D eigenvalue weighted by Gasteiger charge is 2.07. The normalized spacial score (nSPS) is 12.9. The van der Waals surface area contributed by atoms with Gasteiger partial charge in [-0.15, -0.1) is 0 Å². The van der Waals surface area contributed by atoms with Crippen molar-refractivity contribution in [1.82, 2.24) is 0 Å². The van der Waals surface area contributed by atoms with Crippen molar-refractivity contribution in [3.05, 3.63) is 33.8 Å². The van der Waals surface area contributed by atoms with E-state index in [0.29, 0.717) is 12.0 Å². The fourth-order valence-corrected chi connectivity index (χ4v) is 1.71. The molecule has 0 radical (unpaired) electrons. The first kappa shape index (κ1) is 11.6. The maximum atomic E-state index is 12.4. The Morgan fingerprint density at radius 2 is 2.21 bits per heavy atom. The van der Waals surface area contributed by atoms with Gasteiger partial charge in [0.2, 0.25) is 0 Å². The molecule has 0 amide bonds. The van der Waals surface area contributed by atoms with E-state index >= 15 is 0 Å². The molecule has 2 nitrogen and oxygen atoms in total. The van der Waals surface area contributed by atoms with Crippen molar-refractivity contribution >= 4 is 15.9 Å². The van der Waals surface area contributed by atoms with Crippen LogP contribution < -0.4 is 5.73 Å². The van der Waals surface area contributed by atoms with E-state index < -0.39 is 6.67 Å². The molecule has 1 unspecified atom stereocenters. The van der Waals surface area contributed by atoms with Crippen molar-refractivity contribution < 1.29 is 9.50 Å². The molecule has 1 aromatic rings. The van der Waals surface area contributed by atoms with Crippen LogP contribution in [-0.2, 0) is 6.67 Å². The quantitative estimate of drug-likeness (QED) is 0.874. The zero-order chi connectivity index (χ0) is 10.6. The number of halogens is 2. The van der Waals surface area contributed by atoms with E-state index in [0.717, 1.165) is 10.0 Å². The summed E-state index contributed by atoms with van der Waals surface area (Å²) in [7, 11) is 0. The van der Waals surface area contributed by atoms with Crippen LogP contribution >= 0.6 is 15.9 Å². The van der Waals surface area contributed by atoms with Crippen LogP contribution in [0.15, 0.2) is 22.7 Å². The summed E-state index contributed by atoms with van der Waals surface area (Å²) in [6, 6.07) is 5.11. The predicted molar refractivity (Wildman–Crippen MR) is 57.6 cm³/mol. The van der Waals surface area contributed by atoms with Crippen LogP contribution in [-0.4, -0.2) is 11.7 Å². The molecule has 3 N–H and O–H groups in total. The number of hydrogen-bond acceptors (Lipinski definition) is 2. The Balaban J connectivity index is 2.85. The summed E-state index contributed by atoms with van der Waals surface area (Å²) < 4.78 is 13.1. The lowest BCUT2D eigenvalue weighted by Gasteiger charge is -2.11. The molecule has 1 atom stereocenters. The molecule has 4 heteroatoms. The molecule has 0 aliphatic heterocycles. The molecular formula is C10H13BrFNO. The smallest absolute Gasteiger partial charge is 0.116 e. The van der Waals surface area contributed by atoms with E-state index in [1.807, 2.05) is 0 Å². The molecule has 0 saturated heterocycles. The second-order valence-corrected chi connectivity index (χ2v) is 3.96. The van der Waals surface area contributed by atoms with Gasteiger partial charge in [-0.05, 0) is 23.6 Å². The first-order chi connectivity index (χ1) is 6.69. The van der Waals surface area contributed by atoms with Gasteiger partial charge in [0, 0.05) is 17.1 Å². The maximum absolute atomic E-state index is 12.4. The van der Waals surface area contributed by atoms with Crippen LogP contribution in [0.2, 0.25) is 0 Å². The minimum atomic E-state index is -0.490. The minimum Gasteiger partial charge on any atom is -0.396 e. The van der Waals surface area contributed by atoms with Gasteiger partial charge in [-0.25, -0.2) is 4.39 Å². The molecular weight excluding hydrogens is 249 g/mol. The standard InChI is InChI=1S/C10H13BrFNO/c11-9-5-7(10(13)3-4-14)1-2-8(9)6-12/h1-2,5,10,14H,3-4,6,13H2. The third-order valence-corrected chi connectivity index (χ3v) is 2.83. The summed E-state index contributed by atoms with van der Waals surface area (Å²) in [5, 5.41) is 8.72. The van der Waals surface area contributed by atoms with Crippen molar-refractivity contribution in [3.8, 4) is 0 Å². The molecule has 0 aliphatic carbocycles. The molecule has 0 fully saturated rings. The Kier molecular flexibility index (Phi) is 4.51. The van der Waals surface area contributed by atoms with Gasteiger partial charge in [0.1, 0.15) is 6.67 Å². The van der Waals surface area contributed by atoms with Gasteiger partial charge >= 0.3 is 0 Å². The molecule has 0 aromatic heterocycles. The van der Waals surface area contributed by atoms with Gasteiger partial charge in [0.15, 0.2) is 0 Å². The van der Waals surface area contributed by atoms with E-state index in [9.17, 15) is 4.39 Å². The number of benzene rings is 1. The Morgan fingerprint density at radius 3 is 2.71 bits per heavy atom. The fourth-order valence-electron chi connectivity index (χ4n) is 1.21. The van der Waals surface area contributed by atoms with Crippen LogP contribution in [0.5, 0.6) is 0 Å². The van der Waals surface area contributed by atoms with Gasteiger partial charge in [-0.3, -0.25) is 0 Å². The third kappa shape index (κ3) is 2.77. The average Bonchev–Trinajstić information content (AvgIpc) is 2.18. The van der Waals surface area contributed by atoms with E-state index in [2.05, 4.69) is 15.9 Å². The van der Waals surface area contributed by atoms with Crippen molar-refractivity contribution in [2.24, 2.45) is 5.73 Å². The van der Waals surface area contributed by atoms with Crippen LogP contribution in [0.25, 0.3) is 0 Å². The summed E-state index contributed by atoms with van der Waals surface area (Å²) >= 11 is 3.27. The van der Waals surface area contributed by atoms with Gasteiger partial charge in [-0.2, -0.15) is 0 Å². The average molecular weight is 262 g/mol. The summed E-state index contributed by atoms with van der Waals surface area (Å²) in [4.78, 5) is 0. The SMILES string of the molecule is NC(CCO)c1ccc(CF)c(Br)c1. The fraction of sp³-hybridized carbons (Fsp3) is 0.400.